The average molecular weight is 236 g/mol. The van der Waals surface area contributed by atoms with Crippen molar-refractivity contribution in [2.75, 3.05) is 18.0 Å². The van der Waals surface area contributed by atoms with Gasteiger partial charge in [-0.2, -0.15) is 0 Å². The highest BCUT2D eigenvalue weighted by Crippen LogP contribution is 2.47. The van der Waals surface area contributed by atoms with Crippen molar-refractivity contribution in [1.29, 1.82) is 0 Å². The van der Waals surface area contributed by atoms with Gasteiger partial charge < -0.3 is 10.6 Å². The normalized spacial score (nSPS) is 35.6. The second-order valence-corrected chi connectivity index (χ2v) is 5.08. The first-order chi connectivity index (χ1) is 8.22. The fourth-order valence-corrected chi connectivity index (χ4v) is 3.46. The Morgan fingerprint density at radius 1 is 1.47 bits per heavy atom. The monoisotopic (exact) mass is 236 g/mol. The summed E-state index contributed by atoms with van der Waals surface area (Å²) in [6.45, 7) is 3.88. The minimum Gasteiger partial charge on any atom is -0.353 e. The van der Waals surface area contributed by atoms with Crippen molar-refractivity contribution in [3.63, 3.8) is 0 Å². The van der Waals surface area contributed by atoms with Crippen LogP contribution in [0.25, 0.3) is 0 Å². The predicted octanol–water partition coefficient (Wildman–Crippen LogP) is 1.04. The Labute approximate surface area is 100 Å². The van der Waals surface area contributed by atoms with E-state index < -0.39 is 0 Å². The van der Waals surface area contributed by atoms with Crippen LogP contribution in [-0.2, 0) is 0 Å². The topological polar surface area (TPSA) is 55.0 Å². The minimum absolute atomic E-state index is 0.278. The standard InChI is InChI=1S/C12H17FN4/c1-2-7-8-4-17(5-9(8)11(7)14)12-10(13)3-15-6-16-12/h3,6-9,11H,2,4-5,14H2,1H3/t7?,8?,9-,11-/m1/s1. The van der Waals surface area contributed by atoms with Gasteiger partial charge in [-0.1, -0.05) is 13.3 Å². The maximum atomic E-state index is 13.6. The summed E-state index contributed by atoms with van der Waals surface area (Å²) in [5, 5.41) is 0. The Balaban J connectivity index is 1.79. The molecule has 0 bridgehead atoms. The number of nitrogens with two attached hydrogens (primary N) is 1. The van der Waals surface area contributed by atoms with Crippen molar-refractivity contribution < 1.29 is 4.39 Å². The largest absolute Gasteiger partial charge is 0.353 e. The van der Waals surface area contributed by atoms with Crippen LogP contribution in [0, 0.1) is 23.6 Å². The van der Waals surface area contributed by atoms with Crippen molar-refractivity contribution in [3.05, 3.63) is 18.3 Å². The van der Waals surface area contributed by atoms with Crippen LogP contribution in [0.3, 0.4) is 0 Å². The zero-order chi connectivity index (χ0) is 12.0. The summed E-state index contributed by atoms with van der Waals surface area (Å²) in [7, 11) is 0. The molecule has 2 aliphatic rings. The number of hydrogen-bond donors (Lipinski definition) is 1. The lowest BCUT2D eigenvalue weighted by Crippen LogP contribution is -2.55. The molecule has 92 valence electrons. The molecular formula is C12H17FN4. The van der Waals surface area contributed by atoms with Gasteiger partial charge in [0.2, 0.25) is 0 Å². The average Bonchev–Trinajstić information content (AvgIpc) is 2.70. The molecule has 2 fully saturated rings. The molecular weight excluding hydrogens is 219 g/mol. The van der Waals surface area contributed by atoms with Gasteiger partial charge in [-0.25, -0.2) is 14.4 Å². The molecule has 1 saturated heterocycles. The predicted molar refractivity (Wildman–Crippen MR) is 62.9 cm³/mol. The maximum absolute atomic E-state index is 13.6. The highest BCUT2D eigenvalue weighted by atomic mass is 19.1. The molecule has 3 rings (SSSR count). The number of halogens is 1. The quantitative estimate of drug-likeness (QED) is 0.833. The van der Waals surface area contributed by atoms with E-state index in [0.717, 1.165) is 19.5 Å². The molecule has 0 amide bonds. The molecule has 1 aromatic rings. The summed E-state index contributed by atoms with van der Waals surface area (Å²) in [6, 6.07) is 0.278. The van der Waals surface area contributed by atoms with E-state index in [1.807, 2.05) is 4.90 Å². The Kier molecular flexibility index (Phi) is 2.50. The lowest BCUT2D eigenvalue weighted by Gasteiger charge is -2.45. The molecule has 1 aliphatic carbocycles. The SMILES string of the molecule is CCC1C2CN(c3ncncc3F)C[C@H]2[C@@H]1N. The van der Waals surface area contributed by atoms with Gasteiger partial charge in [0, 0.05) is 19.1 Å². The Bertz CT molecular complexity index is 425. The van der Waals surface area contributed by atoms with E-state index in [1.165, 1.54) is 12.5 Å². The highest BCUT2D eigenvalue weighted by molar-refractivity contribution is 5.41. The Morgan fingerprint density at radius 2 is 2.24 bits per heavy atom. The van der Waals surface area contributed by atoms with E-state index in [9.17, 15) is 4.39 Å². The first kappa shape index (κ1) is 10.9. The van der Waals surface area contributed by atoms with Crippen LogP contribution in [0.4, 0.5) is 10.2 Å². The molecule has 5 heteroatoms. The van der Waals surface area contributed by atoms with Crippen molar-refractivity contribution in [1.82, 2.24) is 9.97 Å². The lowest BCUT2D eigenvalue weighted by molar-refractivity contribution is 0.0781. The number of nitrogens with zero attached hydrogens (tertiary/aromatic N) is 3. The molecule has 2 heterocycles. The summed E-state index contributed by atoms with van der Waals surface area (Å²) < 4.78 is 13.6. The molecule has 2 unspecified atom stereocenters. The van der Waals surface area contributed by atoms with Gasteiger partial charge in [-0.3, -0.25) is 0 Å². The third-order valence-corrected chi connectivity index (χ3v) is 4.37. The third kappa shape index (κ3) is 1.52. The summed E-state index contributed by atoms with van der Waals surface area (Å²) in [6.07, 6.45) is 3.73. The number of rotatable bonds is 2. The zero-order valence-electron chi connectivity index (χ0n) is 9.88. The fraction of sp³-hybridized carbons (Fsp3) is 0.667. The summed E-state index contributed by atoms with van der Waals surface area (Å²) in [4.78, 5) is 9.73. The second kappa shape index (κ2) is 3.91. The number of aromatic nitrogens is 2. The van der Waals surface area contributed by atoms with Crippen LogP contribution in [0.1, 0.15) is 13.3 Å². The molecule has 1 aromatic heterocycles. The molecule has 1 aliphatic heterocycles. The van der Waals surface area contributed by atoms with Crippen LogP contribution < -0.4 is 10.6 Å². The molecule has 0 radical (unpaired) electrons. The second-order valence-electron chi connectivity index (χ2n) is 5.08. The molecule has 0 spiro atoms. The molecule has 2 N–H and O–H groups in total. The maximum Gasteiger partial charge on any atom is 0.183 e. The lowest BCUT2D eigenvalue weighted by atomic mass is 9.62. The van der Waals surface area contributed by atoms with E-state index in [4.69, 9.17) is 5.73 Å². The van der Waals surface area contributed by atoms with Gasteiger partial charge in [-0.15, -0.1) is 0 Å². The molecule has 1 saturated carbocycles. The number of hydrogen-bond acceptors (Lipinski definition) is 4. The number of fused-ring (bicyclic) bond motifs is 1. The minimum atomic E-state index is -0.338. The molecule has 17 heavy (non-hydrogen) atoms. The van der Waals surface area contributed by atoms with Crippen molar-refractivity contribution >= 4 is 5.82 Å². The van der Waals surface area contributed by atoms with Gasteiger partial charge in [0.15, 0.2) is 11.6 Å². The fourth-order valence-electron chi connectivity index (χ4n) is 3.46. The van der Waals surface area contributed by atoms with E-state index >= 15 is 0 Å². The van der Waals surface area contributed by atoms with Gasteiger partial charge in [0.25, 0.3) is 0 Å². The number of anilines is 1. The van der Waals surface area contributed by atoms with Crippen LogP contribution >= 0.6 is 0 Å². The first-order valence-electron chi connectivity index (χ1n) is 6.18. The van der Waals surface area contributed by atoms with E-state index in [0.29, 0.717) is 23.6 Å². The van der Waals surface area contributed by atoms with E-state index in [1.54, 1.807) is 0 Å². The molecule has 0 aromatic carbocycles. The third-order valence-electron chi connectivity index (χ3n) is 4.37. The summed E-state index contributed by atoms with van der Waals surface area (Å²) in [5.74, 6) is 1.81. The van der Waals surface area contributed by atoms with Gasteiger partial charge in [-0.05, 0) is 17.8 Å². The van der Waals surface area contributed by atoms with Crippen LogP contribution in [-0.4, -0.2) is 29.1 Å². The van der Waals surface area contributed by atoms with Crippen LogP contribution in [0.2, 0.25) is 0 Å². The van der Waals surface area contributed by atoms with Gasteiger partial charge in [0.05, 0.1) is 6.20 Å². The van der Waals surface area contributed by atoms with Gasteiger partial charge >= 0.3 is 0 Å². The van der Waals surface area contributed by atoms with Crippen molar-refractivity contribution in [2.45, 2.75) is 19.4 Å². The summed E-state index contributed by atoms with van der Waals surface area (Å²) in [5.41, 5.74) is 6.14. The molecule has 4 atom stereocenters. The summed E-state index contributed by atoms with van der Waals surface area (Å²) >= 11 is 0. The van der Waals surface area contributed by atoms with Crippen molar-refractivity contribution in [3.8, 4) is 0 Å². The Hall–Kier alpha value is -1.23. The first-order valence-corrected chi connectivity index (χ1v) is 6.18. The van der Waals surface area contributed by atoms with Crippen LogP contribution in [0.15, 0.2) is 12.5 Å². The van der Waals surface area contributed by atoms with E-state index in [-0.39, 0.29) is 11.9 Å². The smallest absolute Gasteiger partial charge is 0.183 e. The van der Waals surface area contributed by atoms with Crippen molar-refractivity contribution in [2.24, 2.45) is 23.5 Å². The Morgan fingerprint density at radius 3 is 2.94 bits per heavy atom. The van der Waals surface area contributed by atoms with E-state index in [2.05, 4.69) is 16.9 Å². The van der Waals surface area contributed by atoms with Crippen LogP contribution in [0.5, 0.6) is 0 Å². The molecule has 4 nitrogen and oxygen atoms in total. The van der Waals surface area contributed by atoms with Gasteiger partial charge in [0.1, 0.15) is 6.33 Å². The zero-order valence-corrected chi connectivity index (χ0v) is 9.88. The highest BCUT2D eigenvalue weighted by Gasteiger charge is 2.52.